The van der Waals surface area contributed by atoms with Crippen molar-refractivity contribution in [1.82, 2.24) is 19.5 Å². The van der Waals surface area contributed by atoms with Crippen molar-refractivity contribution < 1.29 is 0 Å². The smallest absolute Gasteiger partial charge is 0.175 e. The maximum atomic E-state index is 5.46. The second-order valence-electron chi connectivity index (χ2n) is 2.82. The topological polar surface area (TPSA) is 72.5 Å². The highest BCUT2D eigenvalue weighted by molar-refractivity contribution is 5.44. The van der Waals surface area contributed by atoms with Crippen molar-refractivity contribution in [1.29, 1.82) is 0 Å². The van der Waals surface area contributed by atoms with Gasteiger partial charge in [0.25, 0.3) is 0 Å². The van der Waals surface area contributed by atoms with Gasteiger partial charge in [0.2, 0.25) is 0 Å². The van der Waals surface area contributed by atoms with Crippen molar-refractivity contribution >= 4 is 0 Å². The molecule has 2 aromatic rings. The fourth-order valence-corrected chi connectivity index (χ4v) is 1.17. The Kier molecular flexibility index (Phi) is 1.86. The Morgan fingerprint density at radius 2 is 2.38 bits per heavy atom. The third kappa shape index (κ3) is 1.33. The molecule has 0 fully saturated rings. The zero-order valence-corrected chi connectivity index (χ0v) is 7.36. The summed E-state index contributed by atoms with van der Waals surface area (Å²) >= 11 is 0. The summed E-state index contributed by atoms with van der Waals surface area (Å²) in [5, 5.41) is 0. The van der Waals surface area contributed by atoms with E-state index in [4.69, 9.17) is 5.73 Å². The lowest BCUT2D eigenvalue weighted by Gasteiger charge is -1.95. The molecule has 3 N–H and O–H groups in total. The minimum atomic E-state index is 0.470. The second kappa shape index (κ2) is 3.02. The molecule has 0 unspecified atom stereocenters. The standard InChI is InChI=1S/C8H11N5/c1-13-3-2-10-8(13)7-11-5-6(4-9)12-7/h2-3,5H,4,9H2,1H3,(H,11,12). The third-order valence-corrected chi connectivity index (χ3v) is 1.88. The molecule has 0 atom stereocenters. The van der Waals surface area contributed by atoms with Gasteiger partial charge >= 0.3 is 0 Å². The Morgan fingerprint density at radius 1 is 1.54 bits per heavy atom. The molecular formula is C8H11N5. The van der Waals surface area contributed by atoms with Crippen molar-refractivity contribution in [3.63, 3.8) is 0 Å². The molecule has 2 aromatic heterocycles. The van der Waals surface area contributed by atoms with E-state index in [-0.39, 0.29) is 0 Å². The predicted octanol–water partition coefficient (Wildman–Crippen LogP) is 0.269. The van der Waals surface area contributed by atoms with E-state index in [1.54, 1.807) is 12.4 Å². The van der Waals surface area contributed by atoms with E-state index in [0.29, 0.717) is 6.54 Å². The molecule has 2 rings (SSSR count). The van der Waals surface area contributed by atoms with Gasteiger partial charge in [0.15, 0.2) is 11.6 Å². The molecule has 0 aliphatic rings. The van der Waals surface area contributed by atoms with Crippen LogP contribution in [-0.4, -0.2) is 19.5 Å². The minimum Gasteiger partial charge on any atom is -0.338 e. The second-order valence-corrected chi connectivity index (χ2v) is 2.82. The number of imidazole rings is 2. The van der Waals surface area contributed by atoms with E-state index < -0.39 is 0 Å². The third-order valence-electron chi connectivity index (χ3n) is 1.88. The fraction of sp³-hybridized carbons (Fsp3) is 0.250. The van der Waals surface area contributed by atoms with Crippen molar-refractivity contribution in [2.24, 2.45) is 12.8 Å². The number of hydrogen-bond acceptors (Lipinski definition) is 3. The van der Waals surface area contributed by atoms with Crippen LogP contribution in [0.2, 0.25) is 0 Å². The molecule has 68 valence electrons. The van der Waals surface area contributed by atoms with Crippen LogP contribution in [0.25, 0.3) is 11.6 Å². The molecule has 0 radical (unpaired) electrons. The van der Waals surface area contributed by atoms with Crippen LogP contribution >= 0.6 is 0 Å². The van der Waals surface area contributed by atoms with Gasteiger partial charge in [0, 0.05) is 31.7 Å². The Hall–Kier alpha value is -1.62. The molecule has 0 saturated heterocycles. The van der Waals surface area contributed by atoms with E-state index in [0.717, 1.165) is 17.3 Å². The number of aryl methyl sites for hydroxylation is 1. The fourth-order valence-electron chi connectivity index (χ4n) is 1.17. The molecule has 0 amide bonds. The van der Waals surface area contributed by atoms with Gasteiger partial charge in [-0.25, -0.2) is 9.97 Å². The molecule has 5 heteroatoms. The lowest BCUT2D eigenvalue weighted by Crippen LogP contribution is -1.97. The van der Waals surface area contributed by atoms with Gasteiger partial charge in [0.1, 0.15) is 0 Å². The van der Waals surface area contributed by atoms with Crippen molar-refractivity contribution in [3.05, 3.63) is 24.3 Å². The van der Waals surface area contributed by atoms with Crippen LogP contribution in [0.4, 0.5) is 0 Å². The average molecular weight is 177 g/mol. The van der Waals surface area contributed by atoms with Crippen LogP contribution in [0.5, 0.6) is 0 Å². The van der Waals surface area contributed by atoms with Crippen LogP contribution in [0.15, 0.2) is 18.6 Å². The molecule has 0 aromatic carbocycles. The summed E-state index contributed by atoms with van der Waals surface area (Å²) < 4.78 is 1.90. The van der Waals surface area contributed by atoms with Crippen LogP contribution < -0.4 is 5.73 Å². The first-order valence-corrected chi connectivity index (χ1v) is 4.03. The maximum Gasteiger partial charge on any atom is 0.175 e. The predicted molar refractivity (Wildman–Crippen MR) is 48.7 cm³/mol. The van der Waals surface area contributed by atoms with Crippen LogP contribution in [0.1, 0.15) is 5.69 Å². The molecule has 0 bridgehead atoms. The number of aromatic amines is 1. The van der Waals surface area contributed by atoms with Gasteiger partial charge in [-0.3, -0.25) is 0 Å². The molecule has 0 aliphatic heterocycles. The Morgan fingerprint density at radius 3 is 2.92 bits per heavy atom. The summed E-state index contributed by atoms with van der Waals surface area (Å²) in [6, 6.07) is 0. The lowest BCUT2D eigenvalue weighted by atomic mass is 10.5. The van der Waals surface area contributed by atoms with Crippen molar-refractivity contribution in [3.8, 4) is 11.6 Å². The Labute approximate surface area is 75.6 Å². The summed E-state index contributed by atoms with van der Waals surface area (Å²) in [6.45, 7) is 0.470. The molecule has 2 heterocycles. The number of H-pyrrole nitrogens is 1. The van der Waals surface area contributed by atoms with Gasteiger partial charge in [-0.15, -0.1) is 0 Å². The van der Waals surface area contributed by atoms with Crippen molar-refractivity contribution in [2.45, 2.75) is 6.54 Å². The molecular weight excluding hydrogens is 166 g/mol. The van der Waals surface area contributed by atoms with Crippen LogP contribution in [-0.2, 0) is 13.6 Å². The number of hydrogen-bond donors (Lipinski definition) is 2. The van der Waals surface area contributed by atoms with Gasteiger partial charge in [-0.1, -0.05) is 0 Å². The summed E-state index contributed by atoms with van der Waals surface area (Å²) in [7, 11) is 1.92. The molecule has 13 heavy (non-hydrogen) atoms. The summed E-state index contributed by atoms with van der Waals surface area (Å²) in [4.78, 5) is 11.4. The van der Waals surface area contributed by atoms with E-state index in [1.807, 2.05) is 17.8 Å². The van der Waals surface area contributed by atoms with Crippen molar-refractivity contribution in [2.75, 3.05) is 0 Å². The van der Waals surface area contributed by atoms with Gasteiger partial charge in [-0.2, -0.15) is 0 Å². The zero-order chi connectivity index (χ0) is 9.26. The normalized spacial score (nSPS) is 10.6. The molecule has 0 spiro atoms. The van der Waals surface area contributed by atoms with Gasteiger partial charge in [0.05, 0.1) is 6.20 Å². The highest BCUT2D eigenvalue weighted by atomic mass is 15.1. The lowest BCUT2D eigenvalue weighted by molar-refractivity contribution is 0.909. The maximum absolute atomic E-state index is 5.46. The monoisotopic (exact) mass is 177 g/mol. The number of nitrogens with one attached hydrogen (secondary N) is 1. The van der Waals surface area contributed by atoms with E-state index in [9.17, 15) is 0 Å². The Bertz CT molecular complexity index is 400. The number of nitrogens with zero attached hydrogens (tertiary/aromatic N) is 3. The quantitative estimate of drug-likeness (QED) is 0.691. The molecule has 5 nitrogen and oxygen atoms in total. The first-order valence-electron chi connectivity index (χ1n) is 4.03. The van der Waals surface area contributed by atoms with E-state index in [2.05, 4.69) is 15.0 Å². The molecule has 0 aliphatic carbocycles. The van der Waals surface area contributed by atoms with Gasteiger partial charge < -0.3 is 15.3 Å². The van der Waals surface area contributed by atoms with Gasteiger partial charge in [-0.05, 0) is 0 Å². The summed E-state index contributed by atoms with van der Waals surface area (Å²) in [6.07, 6.45) is 5.34. The SMILES string of the molecule is Cn1ccnc1-c1ncc(CN)[nH]1. The number of aromatic nitrogens is 4. The minimum absolute atomic E-state index is 0.470. The largest absolute Gasteiger partial charge is 0.338 e. The first kappa shape index (κ1) is 8.00. The average Bonchev–Trinajstić information content (AvgIpc) is 2.71. The van der Waals surface area contributed by atoms with E-state index >= 15 is 0 Å². The Balaban J connectivity index is 2.41. The highest BCUT2D eigenvalue weighted by Gasteiger charge is 2.06. The molecule has 0 saturated carbocycles. The summed E-state index contributed by atoms with van der Waals surface area (Å²) in [5.74, 6) is 1.58. The van der Waals surface area contributed by atoms with Crippen LogP contribution in [0.3, 0.4) is 0 Å². The zero-order valence-electron chi connectivity index (χ0n) is 7.36. The number of nitrogens with two attached hydrogens (primary N) is 1. The first-order chi connectivity index (χ1) is 6.31. The highest BCUT2D eigenvalue weighted by Crippen LogP contribution is 2.11. The number of rotatable bonds is 2. The van der Waals surface area contributed by atoms with Crippen LogP contribution in [0, 0.1) is 0 Å². The van der Waals surface area contributed by atoms with E-state index in [1.165, 1.54) is 0 Å². The summed E-state index contributed by atoms with van der Waals surface area (Å²) in [5.41, 5.74) is 6.37.